The molecule has 3 aromatic carbocycles. The van der Waals surface area contributed by atoms with Crippen LogP contribution in [0, 0.1) is 6.92 Å². The maximum Gasteiger partial charge on any atom is 0.573 e. The molecule has 4 rings (SSSR count). The van der Waals surface area contributed by atoms with E-state index in [0.717, 1.165) is 11.3 Å². The number of aryl methyl sites for hydroxylation is 3. The highest BCUT2D eigenvalue weighted by molar-refractivity contribution is 5.39. The maximum absolute atomic E-state index is 11.9. The zero-order valence-electron chi connectivity index (χ0n) is 27.6. The van der Waals surface area contributed by atoms with Gasteiger partial charge in [0, 0.05) is 0 Å². The summed E-state index contributed by atoms with van der Waals surface area (Å²) in [6, 6.07) is 19.4. The molecule has 0 fully saturated rings. The van der Waals surface area contributed by atoms with Gasteiger partial charge in [-0.25, -0.2) is 0 Å². The predicted octanol–water partition coefficient (Wildman–Crippen LogP) is 11.0. The zero-order chi connectivity index (χ0) is 31.9. The number of hydrogen-bond acceptors (Lipinski definition) is 2. The normalized spacial score (nSPS) is 13.6. The topological polar surface area (TPSA) is 18.5 Å². The van der Waals surface area contributed by atoms with Crippen molar-refractivity contribution in [2.24, 2.45) is 0 Å². The number of ether oxygens (including phenoxy) is 2. The molecule has 0 aromatic heterocycles. The number of methoxy groups -OCH3 is 1. The van der Waals surface area contributed by atoms with Crippen molar-refractivity contribution in [2.45, 2.75) is 118 Å². The van der Waals surface area contributed by atoms with E-state index in [1.165, 1.54) is 54.5 Å². The minimum atomic E-state index is -4.62. The van der Waals surface area contributed by atoms with E-state index in [4.69, 9.17) is 4.74 Å². The van der Waals surface area contributed by atoms with Crippen LogP contribution in [0.5, 0.6) is 11.5 Å². The Morgan fingerprint density at radius 1 is 0.571 bits per heavy atom. The van der Waals surface area contributed by atoms with E-state index < -0.39 is 6.36 Å². The quantitative estimate of drug-likeness (QED) is 0.298. The number of fused-ring (bicyclic) bond motifs is 1. The van der Waals surface area contributed by atoms with E-state index in [1.54, 1.807) is 30.4 Å². The van der Waals surface area contributed by atoms with Crippen molar-refractivity contribution in [3.63, 3.8) is 0 Å². The van der Waals surface area contributed by atoms with Crippen molar-refractivity contribution in [1.82, 2.24) is 0 Å². The van der Waals surface area contributed by atoms with Crippen LogP contribution in [0.15, 0.2) is 60.7 Å². The molecule has 3 aromatic rings. The van der Waals surface area contributed by atoms with Gasteiger partial charge in [0.1, 0.15) is 11.5 Å². The minimum absolute atomic E-state index is 0.0727. The molecule has 2 nitrogen and oxygen atoms in total. The van der Waals surface area contributed by atoms with Gasteiger partial charge < -0.3 is 9.47 Å². The number of benzene rings is 3. The number of halogens is 3. The van der Waals surface area contributed by atoms with Gasteiger partial charge >= 0.3 is 6.36 Å². The van der Waals surface area contributed by atoms with Crippen molar-refractivity contribution in [3.8, 4) is 11.5 Å². The van der Waals surface area contributed by atoms with Crippen LogP contribution >= 0.6 is 0 Å². The lowest BCUT2D eigenvalue weighted by Crippen LogP contribution is -2.17. The van der Waals surface area contributed by atoms with Gasteiger partial charge in [-0.05, 0) is 100 Å². The second-order valence-electron chi connectivity index (χ2n) is 14.2. The summed E-state index contributed by atoms with van der Waals surface area (Å²) in [6.07, 6.45) is 0.713. The molecule has 0 aliphatic heterocycles. The Hall–Kier alpha value is -2.95. The highest BCUT2D eigenvalue weighted by Gasteiger charge is 2.31. The monoisotopic (exact) mass is 584 g/mol. The van der Waals surface area contributed by atoms with Gasteiger partial charge in [-0.2, -0.15) is 0 Å². The van der Waals surface area contributed by atoms with Crippen LogP contribution in [0.3, 0.4) is 0 Å². The fourth-order valence-corrected chi connectivity index (χ4v) is 4.70. The maximum atomic E-state index is 11.9. The number of rotatable bonds is 2. The third-order valence-corrected chi connectivity index (χ3v) is 7.43. The van der Waals surface area contributed by atoms with Crippen molar-refractivity contribution in [3.05, 3.63) is 94.0 Å². The highest BCUT2D eigenvalue weighted by atomic mass is 19.4. The van der Waals surface area contributed by atoms with E-state index in [9.17, 15) is 13.2 Å². The fraction of sp³-hybridized carbons (Fsp3) is 0.514. The minimum Gasteiger partial charge on any atom is -0.496 e. The summed E-state index contributed by atoms with van der Waals surface area (Å²) >= 11 is 0. The van der Waals surface area contributed by atoms with Crippen LogP contribution in [-0.2, 0) is 29.1 Å². The molecule has 1 aliphatic carbocycles. The van der Waals surface area contributed by atoms with Crippen LogP contribution in [0.1, 0.15) is 109 Å². The van der Waals surface area contributed by atoms with Crippen molar-refractivity contribution < 1.29 is 22.6 Å². The predicted molar refractivity (Wildman–Crippen MR) is 170 cm³/mol. The summed E-state index contributed by atoms with van der Waals surface area (Å²) in [6.45, 7) is 21.6. The summed E-state index contributed by atoms with van der Waals surface area (Å²) in [5.41, 5.74) is 8.64. The Bertz CT molecular complexity index is 1270. The van der Waals surface area contributed by atoms with Crippen molar-refractivity contribution >= 4 is 0 Å². The van der Waals surface area contributed by atoms with E-state index in [-0.39, 0.29) is 16.6 Å². The van der Waals surface area contributed by atoms with Crippen molar-refractivity contribution in [2.75, 3.05) is 7.11 Å². The third kappa shape index (κ3) is 11.4. The second-order valence-corrected chi connectivity index (χ2v) is 14.2. The van der Waals surface area contributed by atoms with Gasteiger partial charge in [0.05, 0.1) is 7.11 Å². The van der Waals surface area contributed by atoms with E-state index in [1.807, 2.05) is 26.8 Å². The molecular formula is C37H51F3O2. The van der Waals surface area contributed by atoms with Crippen LogP contribution in [0.25, 0.3) is 0 Å². The zero-order valence-corrected chi connectivity index (χ0v) is 27.6. The summed E-state index contributed by atoms with van der Waals surface area (Å²) < 4.78 is 44.5. The smallest absolute Gasteiger partial charge is 0.496 e. The second kappa shape index (κ2) is 14.0. The molecule has 0 amide bonds. The molecule has 0 unspecified atom stereocenters. The lowest BCUT2D eigenvalue weighted by Gasteiger charge is -2.23. The Balaban J connectivity index is 0.000000221. The molecule has 1 aliphatic rings. The Kier molecular flexibility index (Phi) is 11.8. The Morgan fingerprint density at radius 3 is 1.48 bits per heavy atom. The summed E-state index contributed by atoms with van der Waals surface area (Å²) in [4.78, 5) is 0. The SMILES string of the molecule is CC(C)(C)c1ccc(OC(F)(F)F)cc1.CC(C)(C)c1ccc2c(c1)CCCC2.COc1ccc(C(C)(C)C)cc1C. The average Bonchev–Trinajstić information content (AvgIpc) is 2.87. The van der Waals surface area contributed by atoms with Gasteiger partial charge in [-0.15, -0.1) is 13.2 Å². The van der Waals surface area contributed by atoms with Crippen LogP contribution in [0.4, 0.5) is 13.2 Å². The van der Waals surface area contributed by atoms with Gasteiger partial charge in [-0.1, -0.05) is 105 Å². The first kappa shape index (κ1) is 35.2. The fourth-order valence-electron chi connectivity index (χ4n) is 4.70. The molecule has 0 N–H and O–H groups in total. The lowest BCUT2D eigenvalue weighted by molar-refractivity contribution is -0.274. The first-order chi connectivity index (χ1) is 19.2. The summed E-state index contributed by atoms with van der Waals surface area (Å²) in [7, 11) is 1.71. The molecule has 0 saturated heterocycles. The lowest BCUT2D eigenvalue weighted by atomic mass is 9.82. The van der Waals surface area contributed by atoms with Gasteiger partial charge in [0.25, 0.3) is 0 Å². The molecule has 42 heavy (non-hydrogen) atoms. The first-order valence-corrected chi connectivity index (χ1v) is 14.8. The summed E-state index contributed by atoms with van der Waals surface area (Å²) in [5, 5.41) is 0. The number of hydrogen-bond donors (Lipinski definition) is 0. The third-order valence-electron chi connectivity index (χ3n) is 7.43. The molecule has 5 heteroatoms. The molecule has 0 radical (unpaired) electrons. The van der Waals surface area contributed by atoms with Crippen LogP contribution in [-0.4, -0.2) is 13.5 Å². The molecule has 0 bridgehead atoms. The summed E-state index contributed by atoms with van der Waals surface area (Å²) in [5.74, 6) is 0.781. The highest BCUT2D eigenvalue weighted by Crippen LogP contribution is 2.30. The average molecular weight is 585 g/mol. The first-order valence-electron chi connectivity index (χ1n) is 14.8. The van der Waals surface area contributed by atoms with E-state index in [0.29, 0.717) is 5.41 Å². The standard InChI is InChI=1S/C14H20.C12H18O.C11H13F3O/c1-14(2,3)13-9-8-11-6-4-5-7-12(11)10-13;1-9-8-10(12(2,3)4)6-7-11(9)13-5;1-10(2,3)8-4-6-9(7-5-8)15-11(12,13)14/h8-10H,4-7H2,1-3H3;6-8H,1-5H3;4-7H,1-3H3. The number of alkyl halides is 3. The largest absolute Gasteiger partial charge is 0.573 e. The molecule has 0 atom stereocenters. The van der Waals surface area contributed by atoms with Gasteiger partial charge in [0.15, 0.2) is 0 Å². The molecule has 0 saturated carbocycles. The van der Waals surface area contributed by atoms with E-state index >= 15 is 0 Å². The van der Waals surface area contributed by atoms with Gasteiger partial charge in [0.2, 0.25) is 0 Å². The molecular weight excluding hydrogens is 533 g/mol. The van der Waals surface area contributed by atoms with Crippen molar-refractivity contribution in [1.29, 1.82) is 0 Å². The Labute approximate surface area is 252 Å². The molecule has 0 heterocycles. The molecule has 232 valence electrons. The molecule has 0 spiro atoms. The van der Waals surface area contributed by atoms with E-state index in [2.05, 4.69) is 83.5 Å². The van der Waals surface area contributed by atoms with Crippen LogP contribution in [0.2, 0.25) is 0 Å². The van der Waals surface area contributed by atoms with Gasteiger partial charge in [-0.3, -0.25) is 0 Å². The van der Waals surface area contributed by atoms with Crippen LogP contribution < -0.4 is 9.47 Å². The Morgan fingerprint density at radius 2 is 1.02 bits per heavy atom.